The van der Waals surface area contributed by atoms with Crippen LogP contribution < -0.4 is 5.56 Å². The molecule has 0 aliphatic rings. The van der Waals surface area contributed by atoms with Crippen molar-refractivity contribution in [1.29, 1.82) is 0 Å². The van der Waals surface area contributed by atoms with Gasteiger partial charge in [0, 0.05) is 5.56 Å². The van der Waals surface area contributed by atoms with Gasteiger partial charge in [-0.15, -0.1) is 0 Å². The summed E-state index contributed by atoms with van der Waals surface area (Å²) in [4.78, 5) is 23.7. The van der Waals surface area contributed by atoms with Gasteiger partial charge in [-0.3, -0.25) is 4.79 Å². The van der Waals surface area contributed by atoms with E-state index in [4.69, 9.17) is 4.52 Å². The van der Waals surface area contributed by atoms with Crippen molar-refractivity contribution in [3.8, 4) is 11.3 Å². The van der Waals surface area contributed by atoms with Crippen molar-refractivity contribution in [3.63, 3.8) is 0 Å². The van der Waals surface area contributed by atoms with Crippen LogP contribution in [0.3, 0.4) is 0 Å². The average Bonchev–Trinajstić information content (AvgIpc) is 2.91. The summed E-state index contributed by atoms with van der Waals surface area (Å²) < 4.78 is 6.06. The van der Waals surface area contributed by atoms with Crippen LogP contribution in [-0.2, 0) is 4.79 Å². The van der Waals surface area contributed by atoms with Gasteiger partial charge in [0.2, 0.25) is 0 Å². The van der Waals surface area contributed by atoms with Gasteiger partial charge < -0.3 is 9.63 Å². The minimum absolute atomic E-state index is 0.0844. The summed E-state index contributed by atoms with van der Waals surface area (Å²) in [5.74, 6) is -0.677. The van der Waals surface area contributed by atoms with Gasteiger partial charge in [-0.05, 0) is 20.8 Å². The Hall–Kier alpha value is -2.96. The number of carbonyl (C=O) groups is 1. The number of carboxylic acids is 1. The highest BCUT2D eigenvalue weighted by molar-refractivity contribution is 5.93. The molecule has 3 aromatic rings. The number of fused-ring (bicyclic) bond motifs is 1. The van der Waals surface area contributed by atoms with Crippen LogP contribution in [0.4, 0.5) is 0 Å². The standard InChI is InChI=1S/C16H15N3O4/c1-8-4-6-11(7-5-8)13-12-10(3)23-18-14(12)15(20)19(17-13)9(2)16(21)22/h4-7,9H,1-3H3,(H,21,22). The molecule has 0 spiro atoms. The topological polar surface area (TPSA) is 98.2 Å². The van der Waals surface area contributed by atoms with Crippen molar-refractivity contribution in [2.75, 3.05) is 0 Å². The molecule has 0 saturated heterocycles. The fraction of sp³-hybridized carbons (Fsp3) is 0.250. The molecule has 7 nitrogen and oxygen atoms in total. The molecule has 7 heteroatoms. The predicted molar refractivity (Wildman–Crippen MR) is 83.3 cm³/mol. The second kappa shape index (κ2) is 5.35. The number of carboxylic acid groups (broad SMARTS) is 1. The molecule has 0 radical (unpaired) electrons. The minimum Gasteiger partial charge on any atom is -0.480 e. The fourth-order valence-corrected chi connectivity index (χ4v) is 2.39. The number of rotatable bonds is 3. The third kappa shape index (κ3) is 2.40. The van der Waals surface area contributed by atoms with Gasteiger partial charge in [-0.25, -0.2) is 9.48 Å². The van der Waals surface area contributed by atoms with Crippen LogP contribution in [0.25, 0.3) is 22.2 Å². The molecule has 1 unspecified atom stereocenters. The number of hydrogen-bond donors (Lipinski definition) is 1. The summed E-state index contributed by atoms with van der Waals surface area (Å²) in [6.45, 7) is 5.05. The van der Waals surface area contributed by atoms with Crippen molar-refractivity contribution in [2.24, 2.45) is 0 Å². The molecule has 0 saturated carbocycles. The Kier molecular flexibility index (Phi) is 3.48. The largest absolute Gasteiger partial charge is 0.480 e. The summed E-state index contributed by atoms with van der Waals surface area (Å²) in [6.07, 6.45) is 0. The normalized spacial score (nSPS) is 12.5. The zero-order valence-electron chi connectivity index (χ0n) is 12.9. The molecule has 1 aromatic carbocycles. The van der Waals surface area contributed by atoms with Gasteiger partial charge in [0.25, 0.3) is 5.56 Å². The van der Waals surface area contributed by atoms with E-state index in [1.807, 2.05) is 31.2 Å². The van der Waals surface area contributed by atoms with Gasteiger partial charge in [0.15, 0.2) is 11.6 Å². The first-order valence-electron chi connectivity index (χ1n) is 7.08. The zero-order valence-corrected chi connectivity index (χ0v) is 12.9. The first-order chi connectivity index (χ1) is 10.9. The number of hydrogen-bond acceptors (Lipinski definition) is 5. The van der Waals surface area contributed by atoms with Gasteiger partial charge >= 0.3 is 5.97 Å². The quantitative estimate of drug-likeness (QED) is 0.796. The van der Waals surface area contributed by atoms with Crippen LogP contribution in [0, 0.1) is 13.8 Å². The second-order valence-corrected chi connectivity index (χ2v) is 5.44. The van der Waals surface area contributed by atoms with Crippen molar-refractivity contribution >= 4 is 16.9 Å². The van der Waals surface area contributed by atoms with E-state index >= 15 is 0 Å². The van der Waals surface area contributed by atoms with Crippen LogP contribution in [0.5, 0.6) is 0 Å². The lowest BCUT2D eigenvalue weighted by molar-refractivity contribution is -0.140. The predicted octanol–water partition coefficient (Wildman–Crippen LogP) is 2.31. The molecule has 0 bridgehead atoms. The third-order valence-corrected chi connectivity index (χ3v) is 3.77. The lowest BCUT2D eigenvalue weighted by atomic mass is 10.1. The van der Waals surface area contributed by atoms with Crippen LogP contribution in [-0.4, -0.2) is 26.0 Å². The van der Waals surface area contributed by atoms with E-state index in [0.29, 0.717) is 16.8 Å². The molecule has 0 fully saturated rings. The van der Waals surface area contributed by atoms with Crippen molar-refractivity contribution < 1.29 is 14.4 Å². The monoisotopic (exact) mass is 313 g/mol. The van der Waals surface area contributed by atoms with E-state index in [1.54, 1.807) is 6.92 Å². The van der Waals surface area contributed by atoms with Crippen molar-refractivity contribution in [2.45, 2.75) is 26.8 Å². The van der Waals surface area contributed by atoms with E-state index in [1.165, 1.54) is 6.92 Å². The molecule has 1 N–H and O–H groups in total. The smallest absolute Gasteiger partial charge is 0.328 e. The molecule has 118 valence electrons. The summed E-state index contributed by atoms with van der Waals surface area (Å²) in [7, 11) is 0. The SMILES string of the molecule is Cc1ccc(-c2nn(C(C)C(=O)O)c(=O)c3noc(C)c23)cc1. The second-order valence-electron chi connectivity index (χ2n) is 5.44. The zero-order chi connectivity index (χ0) is 16.7. The van der Waals surface area contributed by atoms with E-state index in [2.05, 4.69) is 10.3 Å². The molecule has 0 aliphatic heterocycles. The third-order valence-electron chi connectivity index (χ3n) is 3.77. The lowest BCUT2D eigenvalue weighted by Gasteiger charge is -2.12. The Morgan fingerprint density at radius 2 is 1.91 bits per heavy atom. The van der Waals surface area contributed by atoms with Gasteiger partial charge in [-0.2, -0.15) is 5.10 Å². The molecule has 2 aromatic heterocycles. The van der Waals surface area contributed by atoms with E-state index in [9.17, 15) is 14.7 Å². The molecule has 2 heterocycles. The van der Waals surface area contributed by atoms with Crippen LogP contribution in [0.1, 0.15) is 24.3 Å². The maximum Gasteiger partial charge on any atom is 0.328 e. The Labute approximate surface area is 131 Å². The highest BCUT2D eigenvalue weighted by atomic mass is 16.5. The van der Waals surface area contributed by atoms with Gasteiger partial charge in [0.05, 0.1) is 5.39 Å². The lowest BCUT2D eigenvalue weighted by Crippen LogP contribution is -2.31. The van der Waals surface area contributed by atoms with Crippen LogP contribution in [0.2, 0.25) is 0 Å². The summed E-state index contributed by atoms with van der Waals surface area (Å²) in [5.41, 5.74) is 1.83. The van der Waals surface area contributed by atoms with E-state index in [0.717, 1.165) is 15.8 Å². The summed E-state index contributed by atoms with van der Waals surface area (Å²) >= 11 is 0. The van der Waals surface area contributed by atoms with Crippen molar-refractivity contribution in [1.82, 2.24) is 14.9 Å². The number of benzene rings is 1. The number of nitrogens with zero attached hydrogens (tertiary/aromatic N) is 3. The molecule has 0 amide bonds. The maximum atomic E-state index is 12.4. The highest BCUT2D eigenvalue weighted by Gasteiger charge is 2.23. The molecule has 0 aliphatic carbocycles. The molecular formula is C16H15N3O4. The van der Waals surface area contributed by atoms with Crippen LogP contribution >= 0.6 is 0 Å². The Balaban J connectivity index is 2.37. The Morgan fingerprint density at radius 3 is 2.52 bits per heavy atom. The Morgan fingerprint density at radius 1 is 1.26 bits per heavy atom. The molecule has 23 heavy (non-hydrogen) atoms. The maximum absolute atomic E-state index is 12.4. The van der Waals surface area contributed by atoms with E-state index in [-0.39, 0.29) is 5.52 Å². The van der Waals surface area contributed by atoms with Gasteiger partial charge in [-0.1, -0.05) is 35.0 Å². The first kappa shape index (κ1) is 15.0. The fourth-order valence-electron chi connectivity index (χ4n) is 2.39. The molecule has 3 rings (SSSR count). The summed E-state index contributed by atoms with van der Waals surface area (Å²) in [6, 6.07) is 6.46. The van der Waals surface area contributed by atoms with E-state index < -0.39 is 17.6 Å². The van der Waals surface area contributed by atoms with Crippen LogP contribution in [0.15, 0.2) is 33.6 Å². The van der Waals surface area contributed by atoms with Gasteiger partial charge in [0.1, 0.15) is 11.5 Å². The molecular weight excluding hydrogens is 298 g/mol. The number of aliphatic carboxylic acids is 1. The summed E-state index contributed by atoms with van der Waals surface area (Å²) in [5, 5.41) is 17.8. The number of aryl methyl sites for hydroxylation is 2. The first-order valence-corrected chi connectivity index (χ1v) is 7.08. The molecule has 1 atom stereocenters. The van der Waals surface area contributed by atoms with Crippen molar-refractivity contribution in [3.05, 3.63) is 45.9 Å². The highest BCUT2D eigenvalue weighted by Crippen LogP contribution is 2.27. The average molecular weight is 313 g/mol. The Bertz CT molecular complexity index is 954. The number of aromatic nitrogens is 3. The minimum atomic E-state index is -1.14.